The van der Waals surface area contributed by atoms with Crippen LogP contribution in [-0.4, -0.2) is 10.8 Å². The molecule has 11 heteroatoms. The number of hydrogen-bond donors (Lipinski definition) is 1. The number of nitro benzene ring substituents is 1. The number of benzene rings is 3. The van der Waals surface area contributed by atoms with E-state index in [1.54, 1.807) is 42.5 Å². The summed E-state index contributed by atoms with van der Waals surface area (Å²) in [6, 6.07) is 16.1. The summed E-state index contributed by atoms with van der Waals surface area (Å²) in [5.74, 6) is -0.192. The zero-order valence-corrected chi connectivity index (χ0v) is 21.7. The summed E-state index contributed by atoms with van der Waals surface area (Å²) in [4.78, 5) is 23.1. The van der Waals surface area contributed by atoms with Crippen molar-refractivity contribution in [2.75, 3.05) is 5.32 Å². The maximum atomic E-state index is 12.6. The lowest BCUT2D eigenvalue weighted by molar-refractivity contribution is -0.384. The summed E-state index contributed by atoms with van der Waals surface area (Å²) < 4.78 is 6.92. The lowest BCUT2D eigenvalue weighted by Gasteiger charge is -2.12. The molecule has 0 saturated carbocycles. The van der Waals surface area contributed by atoms with Gasteiger partial charge in [-0.1, -0.05) is 41.4 Å². The molecule has 0 spiro atoms. The minimum absolute atomic E-state index is 0.0268. The molecule has 3 aromatic rings. The molecule has 0 unspecified atom stereocenters. The first-order chi connectivity index (χ1) is 16.2. The second kappa shape index (κ2) is 11.5. The van der Waals surface area contributed by atoms with Gasteiger partial charge in [-0.2, -0.15) is 5.26 Å². The van der Waals surface area contributed by atoms with Crippen LogP contribution >= 0.6 is 55.1 Å². The highest BCUT2D eigenvalue weighted by atomic mass is 79.9. The molecule has 0 heterocycles. The Balaban J connectivity index is 1.79. The Kier molecular flexibility index (Phi) is 8.69. The number of nitrogens with zero attached hydrogens (tertiary/aromatic N) is 2. The Morgan fingerprint density at radius 1 is 1.15 bits per heavy atom. The Bertz CT molecular complexity index is 1330. The molecule has 0 atom stereocenters. The third-order valence-corrected chi connectivity index (χ3v) is 6.40. The highest BCUT2D eigenvalue weighted by Gasteiger charge is 2.15. The van der Waals surface area contributed by atoms with Crippen molar-refractivity contribution >= 4 is 78.4 Å². The normalized spacial score (nSPS) is 11.0. The van der Waals surface area contributed by atoms with Gasteiger partial charge < -0.3 is 10.1 Å². The van der Waals surface area contributed by atoms with Crippen LogP contribution in [0.4, 0.5) is 11.4 Å². The molecule has 3 aromatic carbocycles. The predicted octanol–water partition coefficient (Wildman–Crippen LogP) is 7.55. The van der Waals surface area contributed by atoms with Gasteiger partial charge in [-0.05, 0) is 73.3 Å². The van der Waals surface area contributed by atoms with Gasteiger partial charge in [0, 0.05) is 12.1 Å². The number of hydrogen-bond acceptors (Lipinski definition) is 5. The van der Waals surface area contributed by atoms with E-state index in [1.165, 1.54) is 18.2 Å². The van der Waals surface area contributed by atoms with Crippen molar-refractivity contribution in [2.24, 2.45) is 0 Å². The van der Waals surface area contributed by atoms with Gasteiger partial charge >= 0.3 is 0 Å². The molecule has 7 nitrogen and oxygen atoms in total. The number of halogens is 4. The SMILES string of the molecule is N#C/C(=C/c1cc(Br)c(OCc2cccc([N+](=O)[O-])c2)c(Br)c1)C(=O)Nc1cccc(Cl)c1Cl. The molecule has 0 fully saturated rings. The molecule has 0 aliphatic rings. The summed E-state index contributed by atoms with van der Waals surface area (Å²) in [7, 11) is 0. The van der Waals surface area contributed by atoms with Crippen LogP contribution in [0.1, 0.15) is 11.1 Å². The van der Waals surface area contributed by atoms with E-state index >= 15 is 0 Å². The number of nitrogens with one attached hydrogen (secondary N) is 1. The molecule has 0 bridgehead atoms. The highest BCUT2D eigenvalue weighted by Crippen LogP contribution is 2.36. The summed E-state index contributed by atoms with van der Waals surface area (Å²) in [6.45, 7) is 0.0975. The minimum Gasteiger partial charge on any atom is -0.487 e. The molecule has 172 valence electrons. The van der Waals surface area contributed by atoms with Crippen LogP contribution in [0.3, 0.4) is 0 Å². The Morgan fingerprint density at radius 3 is 2.47 bits per heavy atom. The number of non-ortho nitro benzene ring substituents is 1. The molecule has 0 aliphatic heterocycles. The second-order valence-electron chi connectivity index (χ2n) is 6.75. The first kappa shape index (κ1) is 25.7. The third-order valence-electron chi connectivity index (χ3n) is 4.40. The van der Waals surface area contributed by atoms with Crippen molar-refractivity contribution in [1.82, 2.24) is 0 Å². The van der Waals surface area contributed by atoms with Crippen LogP contribution in [0.15, 0.2) is 69.1 Å². The highest BCUT2D eigenvalue weighted by molar-refractivity contribution is 9.11. The van der Waals surface area contributed by atoms with Crippen LogP contribution in [0.25, 0.3) is 6.08 Å². The quantitative estimate of drug-likeness (QED) is 0.126. The van der Waals surface area contributed by atoms with Crippen molar-refractivity contribution < 1.29 is 14.5 Å². The lowest BCUT2D eigenvalue weighted by Crippen LogP contribution is -2.13. The number of carbonyl (C=O) groups excluding carboxylic acids is 1. The van der Waals surface area contributed by atoms with E-state index in [9.17, 15) is 20.2 Å². The van der Waals surface area contributed by atoms with Crippen LogP contribution in [0.5, 0.6) is 5.75 Å². The van der Waals surface area contributed by atoms with E-state index in [1.807, 2.05) is 6.07 Å². The van der Waals surface area contributed by atoms with Gasteiger partial charge in [-0.3, -0.25) is 14.9 Å². The lowest BCUT2D eigenvalue weighted by atomic mass is 10.1. The van der Waals surface area contributed by atoms with Gasteiger partial charge in [0.1, 0.15) is 24.0 Å². The van der Waals surface area contributed by atoms with Crippen molar-refractivity contribution in [3.05, 3.63) is 100 Å². The number of carbonyl (C=O) groups is 1. The Hall–Kier alpha value is -2.90. The molecule has 1 amide bonds. The fourth-order valence-corrected chi connectivity index (χ4v) is 4.62. The number of ether oxygens (including phenoxy) is 1. The predicted molar refractivity (Wildman–Crippen MR) is 138 cm³/mol. The van der Waals surface area contributed by atoms with Crippen LogP contribution in [0.2, 0.25) is 10.0 Å². The summed E-state index contributed by atoms with van der Waals surface area (Å²) in [5, 5.41) is 23.5. The first-order valence-corrected chi connectivity index (χ1v) is 11.8. The van der Waals surface area contributed by atoms with Crippen molar-refractivity contribution in [3.8, 4) is 11.8 Å². The average Bonchev–Trinajstić information content (AvgIpc) is 2.80. The zero-order chi connectivity index (χ0) is 24.8. The monoisotopic (exact) mass is 623 g/mol. The third kappa shape index (κ3) is 6.36. The maximum absolute atomic E-state index is 12.6. The van der Waals surface area contributed by atoms with E-state index in [4.69, 9.17) is 27.9 Å². The van der Waals surface area contributed by atoms with E-state index < -0.39 is 10.8 Å². The summed E-state index contributed by atoms with van der Waals surface area (Å²) in [5.41, 5.74) is 1.28. The molecule has 0 aromatic heterocycles. The van der Waals surface area contributed by atoms with Gasteiger partial charge in [-0.15, -0.1) is 0 Å². The van der Waals surface area contributed by atoms with Crippen LogP contribution in [-0.2, 0) is 11.4 Å². The molecule has 3 rings (SSSR count). The second-order valence-corrected chi connectivity index (χ2v) is 9.25. The molecule has 34 heavy (non-hydrogen) atoms. The molecule has 1 N–H and O–H groups in total. The summed E-state index contributed by atoms with van der Waals surface area (Å²) in [6.07, 6.45) is 1.41. The minimum atomic E-state index is -0.648. The number of nitro groups is 1. The van der Waals surface area contributed by atoms with Gasteiger partial charge in [0.25, 0.3) is 11.6 Å². The fourth-order valence-electron chi connectivity index (χ4n) is 2.82. The molecular weight excluding hydrogens is 613 g/mol. The fraction of sp³-hybridized carbons (Fsp3) is 0.0435. The van der Waals surface area contributed by atoms with Gasteiger partial charge in [0.2, 0.25) is 0 Å². The van der Waals surface area contributed by atoms with Crippen molar-refractivity contribution in [2.45, 2.75) is 6.61 Å². The molecule has 0 radical (unpaired) electrons. The average molecular weight is 626 g/mol. The number of amides is 1. The van der Waals surface area contributed by atoms with E-state index in [2.05, 4.69) is 37.2 Å². The maximum Gasteiger partial charge on any atom is 0.269 e. The first-order valence-electron chi connectivity index (χ1n) is 9.42. The molecular formula is C23H13Br2Cl2N3O4. The van der Waals surface area contributed by atoms with E-state index in [0.717, 1.165) is 0 Å². The smallest absolute Gasteiger partial charge is 0.269 e. The van der Waals surface area contributed by atoms with Crippen molar-refractivity contribution in [1.29, 1.82) is 5.26 Å². The summed E-state index contributed by atoms with van der Waals surface area (Å²) >= 11 is 18.9. The number of anilines is 1. The van der Waals surface area contributed by atoms with Gasteiger partial charge in [0.05, 0.1) is 29.6 Å². The van der Waals surface area contributed by atoms with Crippen LogP contribution < -0.4 is 10.1 Å². The largest absolute Gasteiger partial charge is 0.487 e. The van der Waals surface area contributed by atoms with Gasteiger partial charge in [0.15, 0.2) is 0 Å². The van der Waals surface area contributed by atoms with E-state index in [0.29, 0.717) is 25.8 Å². The Morgan fingerprint density at radius 2 is 1.82 bits per heavy atom. The molecule has 0 aliphatic carbocycles. The molecule has 0 saturated heterocycles. The topological polar surface area (TPSA) is 105 Å². The van der Waals surface area contributed by atoms with E-state index in [-0.39, 0.29) is 33.6 Å². The number of nitriles is 1. The standard InChI is InChI=1S/C23H13Br2Cl2N3O4/c24-17-9-14(7-15(11-28)23(31)29-20-6-2-5-19(26)21(20)27)10-18(25)22(17)34-12-13-3-1-4-16(8-13)30(32)33/h1-10H,12H2,(H,29,31)/b15-7-. The number of rotatable bonds is 7. The zero-order valence-electron chi connectivity index (χ0n) is 17.0. The Labute approximate surface area is 221 Å². The van der Waals surface area contributed by atoms with Crippen LogP contribution in [0, 0.1) is 21.4 Å². The van der Waals surface area contributed by atoms with Crippen molar-refractivity contribution in [3.63, 3.8) is 0 Å². The van der Waals surface area contributed by atoms with Gasteiger partial charge in [-0.25, -0.2) is 0 Å².